The molecule has 132 valence electrons. The highest BCUT2D eigenvalue weighted by atomic mass is 32.2. The Labute approximate surface area is 146 Å². The van der Waals surface area contributed by atoms with Crippen LogP contribution in [0.5, 0.6) is 0 Å². The van der Waals surface area contributed by atoms with E-state index in [9.17, 15) is 17.6 Å². The lowest BCUT2D eigenvalue weighted by atomic mass is 10.0. The van der Waals surface area contributed by atoms with Gasteiger partial charge < -0.3 is 5.32 Å². The van der Waals surface area contributed by atoms with E-state index in [-0.39, 0.29) is 29.3 Å². The topological polar surface area (TPSA) is 75.3 Å². The van der Waals surface area contributed by atoms with E-state index in [0.717, 1.165) is 5.56 Å². The molecule has 2 unspecified atom stereocenters. The lowest BCUT2D eigenvalue weighted by molar-refractivity contribution is -0.118. The Hall–Kier alpha value is -2.25. The van der Waals surface area contributed by atoms with Crippen molar-refractivity contribution in [1.29, 1.82) is 0 Å². The molecule has 0 saturated carbocycles. The smallest absolute Gasteiger partial charge is 0.246 e. The van der Waals surface area contributed by atoms with E-state index in [1.165, 1.54) is 24.3 Å². The van der Waals surface area contributed by atoms with Gasteiger partial charge in [-0.25, -0.2) is 12.8 Å². The summed E-state index contributed by atoms with van der Waals surface area (Å²) in [5.74, 6) is -0.541. The van der Waals surface area contributed by atoms with Gasteiger partial charge in [-0.15, -0.1) is 0 Å². The third-order valence-electron chi connectivity index (χ3n) is 4.14. The Morgan fingerprint density at radius 2 is 1.76 bits per heavy atom. The zero-order valence-electron chi connectivity index (χ0n) is 13.5. The molecule has 1 fully saturated rings. The highest BCUT2D eigenvalue weighted by Gasteiger charge is 2.32. The second-order valence-electron chi connectivity index (χ2n) is 6.11. The van der Waals surface area contributed by atoms with Crippen LogP contribution in [0.2, 0.25) is 0 Å². The van der Waals surface area contributed by atoms with Gasteiger partial charge in [0.1, 0.15) is 11.9 Å². The predicted octanol–water partition coefficient (Wildman–Crippen LogP) is 2.28. The molecule has 2 aromatic rings. The number of amides is 1. The fraction of sp³-hybridized carbons (Fsp3) is 0.278. The van der Waals surface area contributed by atoms with Crippen molar-refractivity contribution in [3.05, 3.63) is 66.0 Å². The van der Waals surface area contributed by atoms with Gasteiger partial charge in [-0.3, -0.25) is 10.1 Å². The van der Waals surface area contributed by atoms with Gasteiger partial charge in [0.25, 0.3) is 0 Å². The summed E-state index contributed by atoms with van der Waals surface area (Å²) in [5, 5.41) is 5.90. The van der Waals surface area contributed by atoms with Gasteiger partial charge in [0, 0.05) is 11.7 Å². The van der Waals surface area contributed by atoms with Gasteiger partial charge in [0.2, 0.25) is 5.91 Å². The van der Waals surface area contributed by atoms with Gasteiger partial charge in [-0.1, -0.05) is 30.3 Å². The van der Waals surface area contributed by atoms with E-state index in [2.05, 4.69) is 10.6 Å². The minimum atomic E-state index is -3.05. The molecule has 2 aromatic carbocycles. The summed E-state index contributed by atoms with van der Waals surface area (Å²) in [6.07, 6.45) is 0.482. The van der Waals surface area contributed by atoms with Gasteiger partial charge in [0.05, 0.1) is 11.5 Å². The van der Waals surface area contributed by atoms with Gasteiger partial charge in [-0.05, 0) is 36.2 Å². The first-order valence-electron chi connectivity index (χ1n) is 8.01. The average Bonchev–Trinajstić information content (AvgIpc) is 2.94. The third-order valence-corrected chi connectivity index (χ3v) is 5.91. The largest absolute Gasteiger partial charge is 0.324 e. The second kappa shape index (κ2) is 7.33. The molecule has 1 amide bonds. The molecule has 1 saturated heterocycles. The van der Waals surface area contributed by atoms with E-state index < -0.39 is 15.9 Å². The van der Waals surface area contributed by atoms with Crippen LogP contribution < -0.4 is 10.6 Å². The highest BCUT2D eigenvalue weighted by molar-refractivity contribution is 7.91. The monoisotopic (exact) mass is 362 g/mol. The Kier molecular flexibility index (Phi) is 5.15. The number of rotatable bonds is 5. The second-order valence-corrected chi connectivity index (χ2v) is 8.34. The van der Waals surface area contributed by atoms with Gasteiger partial charge >= 0.3 is 0 Å². The maximum atomic E-state index is 13.0. The standard InChI is InChI=1S/C18H19FN2O3S/c19-14-6-8-15(9-7-14)21-18(22)17(13-4-2-1-3-5-13)20-16-10-11-25(23,24)12-16/h1-9,16-17,20H,10-12H2,(H,21,22). The van der Waals surface area contributed by atoms with Crippen LogP contribution in [-0.4, -0.2) is 31.9 Å². The van der Waals surface area contributed by atoms with Crippen molar-refractivity contribution < 1.29 is 17.6 Å². The van der Waals surface area contributed by atoms with E-state index in [4.69, 9.17) is 0 Å². The maximum Gasteiger partial charge on any atom is 0.246 e. The molecule has 0 radical (unpaired) electrons. The summed E-state index contributed by atoms with van der Waals surface area (Å²) in [5.41, 5.74) is 1.22. The first-order chi connectivity index (χ1) is 11.9. The quantitative estimate of drug-likeness (QED) is 0.856. The Morgan fingerprint density at radius 1 is 1.08 bits per heavy atom. The summed E-state index contributed by atoms with van der Waals surface area (Å²) in [4.78, 5) is 12.7. The van der Waals surface area contributed by atoms with Gasteiger partial charge in [0.15, 0.2) is 9.84 Å². The van der Waals surface area contributed by atoms with E-state index in [1.807, 2.05) is 30.3 Å². The van der Waals surface area contributed by atoms with Crippen LogP contribution in [0.25, 0.3) is 0 Å². The molecule has 5 nitrogen and oxygen atoms in total. The number of nitrogens with one attached hydrogen (secondary N) is 2. The molecule has 7 heteroatoms. The number of sulfone groups is 1. The first kappa shape index (κ1) is 17.6. The van der Waals surface area contributed by atoms with Crippen molar-refractivity contribution >= 4 is 21.4 Å². The zero-order chi connectivity index (χ0) is 17.9. The Balaban J connectivity index is 1.78. The summed E-state index contributed by atoms with van der Waals surface area (Å²) in [6, 6.07) is 13.6. The van der Waals surface area contributed by atoms with E-state index in [1.54, 1.807) is 0 Å². The van der Waals surface area contributed by atoms with Crippen molar-refractivity contribution in [3.63, 3.8) is 0 Å². The van der Waals surface area contributed by atoms with E-state index >= 15 is 0 Å². The van der Waals surface area contributed by atoms with Crippen LogP contribution in [0.4, 0.5) is 10.1 Å². The molecule has 1 aliphatic rings. The third kappa shape index (κ3) is 4.64. The average molecular weight is 362 g/mol. The van der Waals surface area contributed by atoms with Crippen molar-refractivity contribution in [2.75, 3.05) is 16.8 Å². The summed E-state index contributed by atoms with van der Waals surface area (Å²) >= 11 is 0. The summed E-state index contributed by atoms with van der Waals surface area (Å²) in [6.45, 7) is 0. The number of hydrogen-bond acceptors (Lipinski definition) is 4. The van der Waals surface area contributed by atoms with Crippen LogP contribution in [0.15, 0.2) is 54.6 Å². The van der Waals surface area contributed by atoms with Crippen LogP contribution in [-0.2, 0) is 14.6 Å². The molecule has 2 N–H and O–H groups in total. The highest BCUT2D eigenvalue weighted by Crippen LogP contribution is 2.20. The SMILES string of the molecule is O=C(Nc1ccc(F)cc1)C(NC1CCS(=O)(=O)C1)c1ccccc1. The number of anilines is 1. The molecular formula is C18H19FN2O3S. The number of halogens is 1. The predicted molar refractivity (Wildman–Crippen MR) is 94.4 cm³/mol. The van der Waals surface area contributed by atoms with Crippen LogP contribution in [0.1, 0.15) is 18.0 Å². The summed E-state index contributed by atoms with van der Waals surface area (Å²) < 4.78 is 36.4. The molecule has 0 aliphatic carbocycles. The van der Waals surface area contributed by atoms with Crippen LogP contribution >= 0.6 is 0 Å². The number of carbonyl (C=O) groups is 1. The van der Waals surface area contributed by atoms with Gasteiger partial charge in [-0.2, -0.15) is 0 Å². The van der Waals surface area contributed by atoms with Crippen molar-refractivity contribution in [2.45, 2.75) is 18.5 Å². The van der Waals surface area contributed by atoms with E-state index in [0.29, 0.717) is 12.1 Å². The summed E-state index contributed by atoms with van der Waals surface area (Å²) in [7, 11) is -3.05. The first-order valence-corrected chi connectivity index (χ1v) is 9.83. The Morgan fingerprint density at radius 3 is 2.36 bits per heavy atom. The lowest BCUT2D eigenvalue weighted by Crippen LogP contribution is -2.40. The molecule has 3 rings (SSSR count). The fourth-order valence-corrected chi connectivity index (χ4v) is 4.56. The van der Waals surface area contributed by atoms with Crippen LogP contribution in [0, 0.1) is 5.82 Å². The number of hydrogen-bond donors (Lipinski definition) is 2. The van der Waals surface area contributed by atoms with Crippen molar-refractivity contribution in [3.8, 4) is 0 Å². The fourth-order valence-electron chi connectivity index (χ4n) is 2.88. The van der Waals surface area contributed by atoms with Crippen LogP contribution in [0.3, 0.4) is 0 Å². The minimum Gasteiger partial charge on any atom is -0.324 e. The zero-order valence-corrected chi connectivity index (χ0v) is 14.3. The molecule has 25 heavy (non-hydrogen) atoms. The lowest BCUT2D eigenvalue weighted by Gasteiger charge is -2.22. The molecule has 0 aromatic heterocycles. The van der Waals surface area contributed by atoms with Crippen molar-refractivity contribution in [2.24, 2.45) is 0 Å². The molecule has 1 aliphatic heterocycles. The molecule has 1 heterocycles. The maximum absolute atomic E-state index is 13.0. The molecular weight excluding hydrogens is 343 g/mol. The Bertz CT molecular complexity index is 838. The number of benzene rings is 2. The minimum absolute atomic E-state index is 0.0279. The van der Waals surface area contributed by atoms with Crippen molar-refractivity contribution in [1.82, 2.24) is 5.32 Å². The molecule has 2 atom stereocenters. The normalized spacial score (nSPS) is 20.1. The molecule has 0 bridgehead atoms. The molecule has 0 spiro atoms. The number of carbonyl (C=O) groups excluding carboxylic acids is 1.